The van der Waals surface area contributed by atoms with E-state index in [9.17, 15) is 9.59 Å². The maximum absolute atomic E-state index is 12.3. The molecule has 6 heteroatoms. The maximum atomic E-state index is 12.3. The Morgan fingerprint density at radius 3 is 2.42 bits per heavy atom. The summed E-state index contributed by atoms with van der Waals surface area (Å²) in [6.07, 6.45) is 4.72. The molecule has 0 aliphatic rings. The van der Waals surface area contributed by atoms with Gasteiger partial charge in [0.25, 0.3) is 5.91 Å². The zero-order valence-electron chi connectivity index (χ0n) is 11.7. The number of carboxylic acid groups (broad SMARTS) is 1. The topological polar surface area (TPSA) is 75.4 Å². The largest absolute Gasteiger partial charge is 0.480 e. The van der Waals surface area contributed by atoms with Crippen LogP contribution in [0.1, 0.15) is 50.0 Å². The number of hydrogen-bond donors (Lipinski definition) is 1. The van der Waals surface area contributed by atoms with Crippen LogP contribution in [0.2, 0.25) is 0 Å². The molecular formula is C13H21N3O3. The molecule has 0 saturated carbocycles. The first-order chi connectivity index (χ1) is 9.01. The first-order valence-electron chi connectivity index (χ1n) is 6.57. The monoisotopic (exact) mass is 267 g/mol. The van der Waals surface area contributed by atoms with E-state index >= 15 is 0 Å². The molecule has 6 nitrogen and oxygen atoms in total. The van der Waals surface area contributed by atoms with Crippen molar-refractivity contribution >= 4 is 11.9 Å². The minimum Gasteiger partial charge on any atom is -0.480 e. The Kier molecular flexibility index (Phi) is 5.54. The Balaban J connectivity index is 2.84. The molecule has 0 bridgehead atoms. The summed E-state index contributed by atoms with van der Waals surface area (Å²) in [7, 11) is 0. The van der Waals surface area contributed by atoms with E-state index in [1.807, 2.05) is 13.8 Å². The fourth-order valence-corrected chi connectivity index (χ4v) is 1.81. The zero-order chi connectivity index (χ0) is 14.4. The number of carboxylic acids is 1. The molecule has 0 aromatic carbocycles. The highest BCUT2D eigenvalue weighted by molar-refractivity contribution is 5.93. The SMILES string of the molecule is CCCN(CCC)C(=O)c1cnn(C(C)C(=O)O)c1. The van der Waals surface area contributed by atoms with Crippen molar-refractivity contribution < 1.29 is 14.7 Å². The van der Waals surface area contributed by atoms with Crippen LogP contribution in [0.15, 0.2) is 12.4 Å². The van der Waals surface area contributed by atoms with Crippen LogP contribution in [0, 0.1) is 0 Å². The van der Waals surface area contributed by atoms with E-state index in [-0.39, 0.29) is 5.91 Å². The molecule has 0 saturated heterocycles. The van der Waals surface area contributed by atoms with Gasteiger partial charge in [-0.2, -0.15) is 5.10 Å². The molecular weight excluding hydrogens is 246 g/mol. The summed E-state index contributed by atoms with van der Waals surface area (Å²) in [5.74, 6) is -1.06. The molecule has 1 unspecified atom stereocenters. The highest BCUT2D eigenvalue weighted by Crippen LogP contribution is 2.10. The van der Waals surface area contributed by atoms with Crippen molar-refractivity contribution in [3.05, 3.63) is 18.0 Å². The molecule has 1 rings (SSSR count). The first-order valence-corrected chi connectivity index (χ1v) is 6.57. The van der Waals surface area contributed by atoms with Gasteiger partial charge in [-0.05, 0) is 19.8 Å². The van der Waals surface area contributed by atoms with Crippen molar-refractivity contribution in [2.75, 3.05) is 13.1 Å². The highest BCUT2D eigenvalue weighted by Gasteiger charge is 2.19. The lowest BCUT2D eigenvalue weighted by atomic mass is 10.2. The molecule has 0 fully saturated rings. The number of aromatic nitrogens is 2. The lowest BCUT2D eigenvalue weighted by Gasteiger charge is -2.20. The van der Waals surface area contributed by atoms with Gasteiger partial charge < -0.3 is 10.0 Å². The maximum Gasteiger partial charge on any atom is 0.328 e. The number of rotatable bonds is 7. The summed E-state index contributed by atoms with van der Waals surface area (Å²) in [6.45, 7) is 6.97. The van der Waals surface area contributed by atoms with Crippen molar-refractivity contribution in [3.8, 4) is 0 Å². The number of amides is 1. The summed E-state index contributed by atoms with van der Waals surface area (Å²) in [6, 6.07) is -0.771. The quantitative estimate of drug-likeness (QED) is 0.817. The third kappa shape index (κ3) is 3.81. The Hall–Kier alpha value is -1.85. The molecule has 1 aromatic heterocycles. The van der Waals surface area contributed by atoms with E-state index in [2.05, 4.69) is 5.10 Å². The van der Waals surface area contributed by atoms with Gasteiger partial charge in [0.15, 0.2) is 0 Å². The average molecular weight is 267 g/mol. The van der Waals surface area contributed by atoms with Crippen molar-refractivity contribution in [3.63, 3.8) is 0 Å². The highest BCUT2D eigenvalue weighted by atomic mass is 16.4. The van der Waals surface area contributed by atoms with E-state index < -0.39 is 12.0 Å². The van der Waals surface area contributed by atoms with Crippen LogP contribution in [-0.4, -0.2) is 44.8 Å². The van der Waals surface area contributed by atoms with E-state index in [4.69, 9.17) is 5.11 Å². The fourth-order valence-electron chi connectivity index (χ4n) is 1.81. The average Bonchev–Trinajstić information content (AvgIpc) is 2.86. The summed E-state index contributed by atoms with van der Waals surface area (Å²) >= 11 is 0. The van der Waals surface area contributed by atoms with Crippen LogP contribution in [0.5, 0.6) is 0 Å². The van der Waals surface area contributed by atoms with Gasteiger partial charge in [-0.3, -0.25) is 9.48 Å². The molecule has 1 aromatic rings. The minimum atomic E-state index is -0.971. The van der Waals surface area contributed by atoms with Gasteiger partial charge in [0, 0.05) is 19.3 Å². The van der Waals surface area contributed by atoms with Crippen molar-refractivity contribution in [1.29, 1.82) is 0 Å². The van der Waals surface area contributed by atoms with Crippen LogP contribution in [0.25, 0.3) is 0 Å². The van der Waals surface area contributed by atoms with Crippen LogP contribution < -0.4 is 0 Å². The molecule has 0 aliphatic heterocycles. The van der Waals surface area contributed by atoms with Crippen molar-refractivity contribution in [1.82, 2.24) is 14.7 Å². The van der Waals surface area contributed by atoms with Gasteiger partial charge in [0.2, 0.25) is 0 Å². The lowest BCUT2D eigenvalue weighted by Crippen LogP contribution is -2.32. The Bertz CT molecular complexity index is 436. The standard InChI is InChI=1S/C13H21N3O3/c1-4-6-15(7-5-2)12(17)11-8-14-16(9-11)10(3)13(18)19/h8-10H,4-7H2,1-3H3,(H,18,19). The second-order valence-corrected chi connectivity index (χ2v) is 4.52. The summed E-state index contributed by atoms with van der Waals surface area (Å²) in [5, 5.41) is 12.9. The van der Waals surface area contributed by atoms with Crippen molar-refractivity contribution in [2.24, 2.45) is 0 Å². The number of aliphatic carboxylic acids is 1. The summed E-state index contributed by atoms with van der Waals surface area (Å²) < 4.78 is 1.30. The second-order valence-electron chi connectivity index (χ2n) is 4.52. The molecule has 106 valence electrons. The third-order valence-electron chi connectivity index (χ3n) is 2.88. The normalized spacial score (nSPS) is 12.2. The van der Waals surface area contributed by atoms with E-state index in [0.29, 0.717) is 18.7 Å². The van der Waals surface area contributed by atoms with Gasteiger partial charge in [0.05, 0.1) is 11.8 Å². The molecule has 19 heavy (non-hydrogen) atoms. The smallest absolute Gasteiger partial charge is 0.328 e. The first kappa shape index (κ1) is 15.2. The van der Waals surface area contributed by atoms with Gasteiger partial charge in [0.1, 0.15) is 6.04 Å². The third-order valence-corrected chi connectivity index (χ3v) is 2.88. The molecule has 0 spiro atoms. The lowest BCUT2D eigenvalue weighted by molar-refractivity contribution is -0.140. The van der Waals surface area contributed by atoms with Crippen LogP contribution in [0.4, 0.5) is 0 Å². The number of carbonyl (C=O) groups excluding carboxylic acids is 1. The Labute approximate surface area is 113 Å². The predicted molar refractivity (Wildman–Crippen MR) is 71.1 cm³/mol. The molecule has 0 radical (unpaired) electrons. The van der Waals surface area contributed by atoms with Crippen molar-refractivity contribution in [2.45, 2.75) is 39.7 Å². The predicted octanol–water partition coefficient (Wildman–Crippen LogP) is 1.79. The van der Waals surface area contributed by atoms with Gasteiger partial charge in [-0.15, -0.1) is 0 Å². The minimum absolute atomic E-state index is 0.0902. The van der Waals surface area contributed by atoms with Gasteiger partial charge >= 0.3 is 5.97 Å². The number of nitrogens with zero attached hydrogens (tertiary/aromatic N) is 3. The summed E-state index contributed by atoms with van der Waals surface area (Å²) in [4.78, 5) is 24.9. The van der Waals surface area contributed by atoms with Gasteiger partial charge in [-0.1, -0.05) is 13.8 Å². The zero-order valence-corrected chi connectivity index (χ0v) is 11.7. The number of hydrogen-bond acceptors (Lipinski definition) is 3. The van der Waals surface area contributed by atoms with E-state index in [1.54, 1.807) is 4.90 Å². The van der Waals surface area contributed by atoms with Crippen LogP contribution in [0.3, 0.4) is 0 Å². The second kappa shape index (κ2) is 6.92. The fraction of sp³-hybridized carbons (Fsp3) is 0.615. The molecule has 1 N–H and O–H groups in total. The molecule has 0 aliphatic carbocycles. The van der Waals surface area contributed by atoms with Crippen LogP contribution >= 0.6 is 0 Å². The van der Waals surface area contributed by atoms with E-state index in [1.165, 1.54) is 24.0 Å². The molecule has 1 heterocycles. The van der Waals surface area contributed by atoms with Gasteiger partial charge in [-0.25, -0.2) is 4.79 Å². The molecule has 1 amide bonds. The Morgan fingerprint density at radius 1 is 1.37 bits per heavy atom. The summed E-state index contributed by atoms with van der Waals surface area (Å²) in [5.41, 5.74) is 0.440. The van der Waals surface area contributed by atoms with E-state index in [0.717, 1.165) is 12.8 Å². The Morgan fingerprint density at radius 2 is 1.95 bits per heavy atom. The van der Waals surface area contributed by atoms with Crippen LogP contribution in [-0.2, 0) is 4.79 Å². The molecule has 1 atom stereocenters. The number of carbonyl (C=O) groups is 2.